The van der Waals surface area contributed by atoms with Crippen molar-refractivity contribution in [3.05, 3.63) is 64.7 Å². The first kappa shape index (κ1) is 23.7. The molecule has 30 heavy (non-hydrogen) atoms. The van der Waals surface area contributed by atoms with Gasteiger partial charge in [-0.2, -0.15) is 0 Å². The van der Waals surface area contributed by atoms with Crippen LogP contribution in [0.1, 0.15) is 44.7 Å². The fourth-order valence-electron chi connectivity index (χ4n) is 3.10. The van der Waals surface area contributed by atoms with Crippen LogP contribution in [0.4, 0.5) is 0 Å². The van der Waals surface area contributed by atoms with Crippen LogP contribution in [0, 0.1) is 6.92 Å². The molecule has 0 fully saturated rings. The van der Waals surface area contributed by atoms with E-state index in [0.717, 1.165) is 17.5 Å². The predicted octanol–water partition coefficient (Wildman–Crippen LogP) is 4.75. The van der Waals surface area contributed by atoms with Crippen molar-refractivity contribution < 1.29 is 14.3 Å². The van der Waals surface area contributed by atoms with Gasteiger partial charge >= 0.3 is 0 Å². The summed E-state index contributed by atoms with van der Waals surface area (Å²) in [4.78, 5) is 27.6. The van der Waals surface area contributed by atoms with Gasteiger partial charge in [0.15, 0.2) is 6.61 Å². The first-order valence-electron chi connectivity index (χ1n) is 10.4. The third-order valence-electron chi connectivity index (χ3n) is 5.04. The van der Waals surface area contributed by atoms with Crippen molar-refractivity contribution in [2.75, 3.05) is 6.61 Å². The quantitative estimate of drug-likeness (QED) is 0.591. The molecule has 2 rings (SSSR count). The van der Waals surface area contributed by atoms with Crippen LogP contribution in [0.25, 0.3) is 0 Å². The van der Waals surface area contributed by atoms with E-state index < -0.39 is 6.04 Å². The van der Waals surface area contributed by atoms with Crippen LogP contribution >= 0.6 is 11.6 Å². The van der Waals surface area contributed by atoms with E-state index in [1.54, 1.807) is 11.0 Å². The van der Waals surface area contributed by atoms with Gasteiger partial charge in [0.2, 0.25) is 5.91 Å². The van der Waals surface area contributed by atoms with Crippen molar-refractivity contribution in [1.29, 1.82) is 0 Å². The topological polar surface area (TPSA) is 58.6 Å². The SMILES string of the molecule is CC[C@@H](C)NC(=O)[C@H](CC)N(Cc1ccccc1Cl)C(=O)COc1cccc(C)c1. The number of benzene rings is 2. The molecule has 0 aliphatic carbocycles. The summed E-state index contributed by atoms with van der Waals surface area (Å²) in [6.07, 6.45) is 1.31. The summed E-state index contributed by atoms with van der Waals surface area (Å²) in [5.41, 5.74) is 1.84. The van der Waals surface area contributed by atoms with E-state index in [0.29, 0.717) is 17.2 Å². The molecule has 0 saturated heterocycles. The summed E-state index contributed by atoms with van der Waals surface area (Å²) in [5.74, 6) is 0.198. The van der Waals surface area contributed by atoms with Gasteiger partial charge in [-0.25, -0.2) is 0 Å². The second kappa shape index (κ2) is 11.6. The molecule has 2 atom stereocenters. The zero-order valence-corrected chi connectivity index (χ0v) is 18.9. The Bertz CT molecular complexity index is 856. The highest BCUT2D eigenvalue weighted by atomic mass is 35.5. The average Bonchev–Trinajstić information content (AvgIpc) is 2.73. The number of ether oxygens (including phenoxy) is 1. The number of carbonyl (C=O) groups is 2. The highest BCUT2D eigenvalue weighted by Gasteiger charge is 2.29. The molecule has 0 unspecified atom stereocenters. The molecule has 0 aromatic heterocycles. The number of hydrogen-bond donors (Lipinski definition) is 1. The van der Waals surface area contributed by atoms with Gasteiger partial charge in [-0.15, -0.1) is 0 Å². The second-order valence-corrected chi connectivity index (χ2v) is 7.87. The zero-order valence-electron chi connectivity index (χ0n) is 18.2. The minimum absolute atomic E-state index is 0.0346. The molecule has 0 saturated carbocycles. The molecule has 2 aromatic carbocycles. The Morgan fingerprint density at radius 1 is 1.10 bits per heavy atom. The minimum Gasteiger partial charge on any atom is -0.484 e. The minimum atomic E-state index is -0.608. The van der Waals surface area contributed by atoms with Crippen molar-refractivity contribution >= 4 is 23.4 Å². The highest BCUT2D eigenvalue weighted by molar-refractivity contribution is 6.31. The van der Waals surface area contributed by atoms with Crippen molar-refractivity contribution in [3.63, 3.8) is 0 Å². The van der Waals surface area contributed by atoms with Crippen molar-refractivity contribution in [1.82, 2.24) is 10.2 Å². The number of amides is 2. The first-order chi connectivity index (χ1) is 14.3. The molecule has 6 heteroatoms. The number of rotatable bonds is 10. The Balaban J connectivity index is 2.23. The van der Waals surface area contributed by atoms with Gasteiger partial charge in [0.05, 0.1) is 0 Å². The normalized spacial score (nSPS) is 12.7. The van der Waals surface area contributed by atoms with Crippen molar-refractivity contribution in [3.8, 4) is 5.75 Å². The lowest BCUT2D eigenvalue weighted by molar-refractivity contribution is -0.143. The monoisotopic (exact) mass is 430 g/mol. The van der Waals surface area contributed by atoms with Crippen LogP contribution in [0.5, 0.6) is 5.75 Å². The molecule has 0 heterocycles. The lowest BCUT2D eigenvalue weighted by Crippen LogP contribution is -2.51. The number of aryl methyl sites for hydroxylation is 1. The number of carbonyl (C=O) groups excluding carboxylic acids is 2. The van der Waals surface area contributed by atoms with E-state index in [9.17, 15) is 9.59 Å². The lowest BCUT2D eigenvalue weighted by Gasteiger charge is -2.31. The Hall–Kier alpha value is -2.53. The standard InChI is InChI=1S/C24H31ClN2O3/c1-5-18(4)26-24(29)22(6-2)27(15-19-11-7-8-13-21(19)25)23(28)16-30-20-12-9-10-17(3)14-20/h7-14,18,22H,5-6,15-16H2,1-4H3,(H,26,29)/t18-,22+/m1/s1. The summed E-state index contributed by atoms with van der Waals surface area (Å²) in [5, 5.41) is 3.55. The number of hydrogen-bond acceptors (Lipinski definition) is 3. The Kier molecular flexibility index (Phi) is 9.18. The van der Waals surface area contributed by atoms with Crippen LogP contribution in [0.2, 0.25) is 5.02 Å². The van der Waals surface area contributed by atoms with E-state index in [2.05, 4.69) is 5.32 Å². The number of nitrogens with one attached hydrogen (secondary N) is 1. The highest BCUT2D eigenvalue weighted by Crippen LogP contribution is 2.20. The van der Waals surface area contributed by atoms with E-state index in [1.807, 2.05) is 70.2 Å². The van der Waals surface area contributed by atoms with Gasteiger partial charge in [-0.1, -0.05) is 55.8 Å². The van der Waals surface area contributed by atoms with E-state index in [1.165, 1.54) is 0 Å². The maximum Gasteiger partial charge on any atom is 0.261 e. The third kappa shape index (κ3) is 6.77. The molecule has 0 aliphatic heterocycles. The molecular formula is C24H31ClN2O3. The van der Waals surface area contributed by atoms with Gasteiger partial charge in [0.25, 0.3) is 5.91 Å². The first-order valence-corrected chi connectivity index (χ1v) is 10.8. The third-order valence-corrected chi connectivity index (χ3v) is 5.41. The Morgan fingerprint density at radius 2 is 1.83 bits per heavy atom. The summed E-state index contributed by atoms with van der Waals surface area (Å²) in [7, 11) is 0. The molecule has 0 bridgehead atoms. The van der Waals surface area contributed by atoms with E-state index >= 15 is 0 Å². The smallest absolute Gasteiger partial charge is 0.261 e. The zero-order chi connectivity index (χ0) is 22.1. The largest absolute Gasteiger partial charge is 0.484 e. The summed E-state index contributed by atoms with van der Waals surface area (Å²) < 4.78 is 5.72. The van der Waals surface area contributed by atoms with Gasteiger partial charge in [-0.3, -0.25) is 9.59 Å². The molecule has 2 aromatic rings. The van der Waals surface area contributed by atoms with Gasteiger partial charge in [-0.05, 0) is 56.0 Å². The van der Waals surface area contributed by atoms with Crippen LogP contribution in [-0.2, 0) is 16.1 Å². The van der Waals surface area contributed by atoms with E-state index in [-0.39, 0.29) is 31.0 Å². The molecule has 2 amide bonds. The molecular weight excluding hydrogens is 400 g/mol. The van der Waals surface area contributed by atoms with Gasteiger partial charge in [0, 0.05) is 17.6 Å². The lowest BCUT2D eigenvalue weighted by atomic mass is 10.1. The molecule has 1 N–H and O–H groups in total. The summed E-state index contributed by atoms with van der Waals surface area (Å²) >= 11 is 6.33. The fraction of sp³-hybridized carbons (Fsp3) is 0.417. The van der Waals surface area contributed by atoms with Crippen LogP contribution in [0.15, 0.2) is 48.5 Å². The maximum atomic E-state index is 13.2. The fourth-order valence-corrected chi connectivity index (χ4v) is 3.30. The molecule has 5 nitrogen and oxygen atoms in total. The van der Waals surface area contributed by atoms with Crippen molar-refractivity contribution in [2.45, 2.75) is 59.2 Å². The van der Waals surface area contributed by atoms with E-state index in [4.69, 9.17) is 16.3 Å². The summed E-state index contributed by atoms with van der Waals surface area (Å²) in [6, 6.07) is 14.3. The van der Waals surface area contributed by atoms with Crippen LogP contribution in [0.3, 0.4) is 0 Å². The Labute approximate surface area is 184 Å². The van der Waals surface area contributed by atoms with Gasteiger partial charge < -0.3 is 15.0 Å². The van der Waals surface area contributed by atoms with Crippen LogP contribution in [-0.4, -0.2) is 35.4 Å². The molecule has 0 radical (unpaired) electrons. The predicted molar refractivity (Wildman–Crippen MR) is 121 cm³/mol. The second-order valence-electron chi connectivity index (χ2n) is 7.46. The van der Waals surface area contributed by atoms with Crippen molar-refractivity contribution in [2.24, 2.45) is 0 Å². The molecule has 0 spiro atoms. The summed E-state index contributed by atoms with van der Waals surface area (Å²) in [6.45, 7) is 7.91. The molecule has 0 aliphatic rings. The molecule has 162 valence electrons. The van der Waals surface area contributed by atoms with Gasteiger partial charge in [0.1, 0.15) is 11.8 Å². The van der Waals surface area contributed by atoms with Crippen LogP contribution < -0.4 is 10.1 Å². The Morgan fingerprint density at radius 3 is 2.47 bits per heavy atom. The number of nitrogens with zero attached hydrogens (tertiary/aromatic N) is 1. The average molecular weight is 431 g/mol. The number of halogens is 1. The maximum absolute atomic E-state index is 13.2.